The van der Waals surface area contributed by atoms with Crippen LogP contribution in [0.5, 0.6) is 0 Å². The van der Waals surface area contributed by atoms with Gasteiger partial charge >= 0.3 is 5.76 Å². The lowest BCUT2D eigenvalue weighted by atomic mass is 10.3. The van der Waals surface area contributed by atoms with Crippen molar-refractivity contribution in [2.75, 3.05) is 18.8 Å². The number of hydrogen-bond acceptors (Lipinski definition) is 6. The van der Waals surface area contributed by atoms with Crippen LogP contribution in [0.25, 0.3) is 11.5 Å². The van der Waals surface area contributed by atoms with Gasteiger partial charge in [-0.05, 0) is 12.1 Å². The van der Waals surface area contributed by atoms with Gasteiger partial charge in [0, 0.05) is 25.0 Å². The van der Waals surface area contributed by atoms with Crippen molar-refractivity contribution in [1.82, 2.24) is 19.7 Å². The third-order valence-corrected chi connectivity index (χ3v) is 4.40. The second-order valence-corrected chi connectivity index (χ2v) is 6.07. The minimum atomic E-state index is -0.658. The molecule has 2 aromatic heterocycles. The molecule has 0 atom stereocenters. The van der Waals surface area contributed by atoms with Gasteiger partial charge in [0.25, 0.3) is 5.89 Å². The Morgan fingerprint density at radius 3 is 2.96 bits per heavy atom. The number of amides is 1. The van der Waals surface area contributed by atoms with E-state index in [2.05, 4.69) is 16.7 Å². The van der Waals surface area contributed by atoms with Crippen molar-refractivity contribution < 1.29 is 9.21 Å². The Balaban J connectivity index is 1.82. The zero-order chi connectivity index (χ0) is 16.9. The summed E-state index contributed by atoms with van der Waals surface area (Å²) in [6, 6.07) is 3.52. The molecule has 2 aromatic rings. The summed E-state index contributed by atoms with van der Waals surface area (Å²) in [7, 11) is 0. The largest absolute Gasteiger partial charge is 0.437 e. The second kappa shape index (κ2) is 7.31. The zero-order valence-corrected chi connectivity index (χ0v) is 13.7. The molecule has 1 amide bonds. The van der Waals surface area contributed by atoms with Crippen LogP contribution in [0.2, 0.25) is 0 Å². The fourth-order valence-corrected chi connectivity index (χ4v) is 2.95. The third kappa shape index (κ3) is 3.48. The molecular weight excluding hydrogens is 328 g/mol. The van der Waals surface area contributed by atoms with Crippen LogP contribution in [-0.4, -0.2) is 44.4 Å². The van der Waals surface area contributed by atoms with E-state index in [1.165, 1.54) is 11.8 Å². The first-order valence-electron chi connectivity index (χ1n) is 7.39. The maximum Gasteiger partial charge on any atom is 0.437 e. The second-order valence-electron chi connectivity index (χ2n) is 5.06. The first-order chi connectivity index (χ1) is 11.7. The molecule has 124 valence electrons. The fourth-order valence-electron chi connectivity index (χ4n) is 2.23. The predicted molar refractivity (Wildman–Crippen MR) is 90.6 cm³/mol. The Kier molecular flexibility index (Phi) is 4.95. The van der Waals surface area contributed by atoms with Gasteiger partial charge < -0.3 is 9.32 Å². The zero-order valence-electron chi connectivity index (χ0n) is 12.9. The van der Waals surface area contributed by atoms with Gasteiger partial charge in [0.05, 0.1) is 5.56 Å². The van der Waals surface area contributed by atoms with Crippen LogP contribution in [0, 0.1) is 0 Å². The highest BCUT2D eigenvalue weighted by atomic mass is 32.2. The van der Waals surface area contributed by atoms with Crippen molar-refractivity contribution in [3.63, 3.8) is 0 Å². The highest BCUT2D eigenvalue weighted by Gasteiger charge is 2.19. The molecule has 0 fully saturated rings. The Bertz CT molecular complexity index is 832. The molecule has 0 bridgehead atoms. The highest BCUT2D eigenvalue weighted by molar-refractivity contribution is 7.99. The molecule has 0 aromatic carbocycles. The van der Waals surface area contributed by atoms with E-state index in [1.54, 1.807) is 29.3 Å². The van der Waals surface area contributed by atoms with Gasteiger partial charge in [-0.1, -0.05) is 18.2 Å². The van der Waals surface area contributed by atoms with Crippen LogP contribution < -0.4 is 5.76 Å². The van der Waals surface area contributed by atoms with E-state index >= 15 is 0 Å². The summed E-state index contributed by atoms with van der Waals surface area (Å²) in [5, 5.41) is 4.85. The summed E-state index contributed by atoms with van der Waals surface area (Å²) < 4.78 is 6.26. The average molecular weight is 344 g/mol. The number of rotatable bonds is 6. The summed E-state index contributed by atoms with van der Waals surface area (Å²) in [5.41, 5.74) is 0.621. The van der Waals surface area contributed by atoms with Crippen LogP contribution in [0.1, 0.15) is 0 Å². The van der Waals surface area contributed by atoms with Gasteiger partial charge in [0.15, 0.2) is 0 Å². The first-order valence-corrected chi connectivity index (χ1v) is 8.37. The van der Waals surface area contributed by atoms with Crippen LogP contribution in [-0.2, 0) is 11.3 Å². The van der Waals surface area contributed by atoms with Gasteiger partial charge in [-0.3, -0.25) is 4.79 Å². The molecule has 0 unspecified atom stereocenters. The topological polar surface area (TPSA) is 81.2 Å². The number of nitrogens with zero attached hydrogens (tertiary/aromatic N) is 4. The van der Waals surface area contributed by atoms with Crippen molar-refractivity contribution in [2.45, 2.75) is 11.6 Å². The normalized spacial score (nSPS) is 13.4. The van der Waals surface area contributed by atoms with Crippen LogP contribution in [0.3, 0.4) is 0 Å². The number of carbonyl (C=O) groups excluding carboxylic acids is 1. The molecule has 1 aliphatic rings. The van der Waals surface area contributed by atoms with Crippen LogP contribution in [0.4, 0.5) is 0 Å². The smallest absolute Gasteiger partial charge is 0.387 e. The summed E-state index contributed by atoms with van der Waals surface area (Å²) in [6.45, 7) is 4.66. The number of hydrogen-bond donors (Lipinski definition) is 0. The Morgan fingerprint density at radius 2 is 2.21 bits per heavy atom. The van der Waals surface area contributed by atoms with Gasteiger partial charge in [-0.15, -0.1) is 23.4 Å². The van der Waals surface area contributed by atoms with E-state index in [4.69, 9.17) is 4.42 Å². The molecule has 7 nitrogen and oxygen atoms in total. The summed E-state index contributed by atoms with van der Waals surface area (Å²) in [5.74, 6) is 0.00510. The summed E-state index contributed by atoms with van der Waals surface area (Å²) >= 11 is 1.47. The molecular formula is C16H16N4O3S. The van der Waals surface area contributed by atoms with Crippen molar-refractivity contribution in [3.8, 4) is 11.5 Å². The molecule has 3 rings (SSSR count). The van der Waals surface area contributed by atoms with Crippen LogP contribution in [0.15, 0.2) is 57.4 Å². The van der Waals surface area contributed by atoms with Crippen molar-refractivity contribution in [3.05, 3.63) is 53.7 Å². The molecule has 8 heteroatoms. The van der Waals surface area contributed by atoms with E-state index in [0.717, 1.165) is 4.68 Å². The number of thioether (sulfide) groups is 1. The summed E-state index contributed by atoms with van der Waals surface area (Å²) in [4.78, 5) is 30.0. The SMILES string of the molecule is C=CCSc1ncccc1-c1nn(CC(=O)N2CC=CC2)c(=O)o1. The molecule has 3 heterocycles. The lowest BCUT2D eigenvalue weighted by Gasteiger charge is -2.14. The minimum absolute atomic E-state index is 0.139. The molecule has 0 spiro atoms. The van der Waals surface area contributed by atoms with E-state index in [-0.39, 0.29) is 18.3 Å². The lowest BCUT2D eigenvalue weighted by molar-refractivity contribution is -0.130. The Morgan fingerprint density at radius 1 is 1.42 bits per heavy atom. The lowest BCUT2D eigenvalue weighted by Crippen LogP contribution is -2.34. The van der Waals surface area contributed by atoms with Crippen molar-refractivity contribution in [1.29, 1.82) is 0 Å². The average Bonchev–Trinajstić information content (AvgIpc) is 3.24. The summed E-state index contributed by atoms with van der Waals surface area (Å²) in [6.07, 6.45) is 7.25. The number of aromatic nitrogens is 3. The molecule has 0 radical (unpaired) electrons. The molecule has 24 heavy (non-hydrogen) atoms. The quantitative estimate of drug-likeness (QED) is 0.584. The number of carbonyl (C=O) groups is 1. The van der Waals surface area contributed by atoms with Crippen molar-refractivity contribution in [2.24, 2.45) is 0 Å². The third-order valence-electron chi connectivity index (χ3n) is 3.40. The minimum Gasteiger partial charge on any atom is -0.387 e. The van der Waals surface area contributed by atoms with Crippen LogP contribution >= 0.6 is 11.8 Å². The highest BCUT2D eigenvalue weighted by Crippen LogP contribution is 2.27. The monoisotopic (exact) mass is 344 g/mol. The van der Waals surface area contributed by atoms with E-state index in [0.29, 0.717) is 29.4 Å². The molecule has 0 saturated heterocycles. The first kappa shape index (κ1) is 16.3. The van der Waals surface area contributed by atoms with Gasteiger partial charge in [0.2, 0.25) is 5.91 Å². The standard InChI is InChI=1S/C16H16N4O3S/c1-2-10-24-15-12(6-5-7-17-15)14-18-20(16(22)23-14)11-13(21)19-8-3-4-9-19/h2-7H,1,8-11H2. The van der Waals surface area contributed by atoms with E-state index < -0.39 is 5.76 Å². The molecule has 0 saturated carbocycles. The Labute approximate surface area is 142 Å². The van der Waals surface area contributed by atoms with Gasteiger partial charge in [-0.2, -0.15) is 4.68 Å². The van der Waals surface area contributed by atoms with Gasteiger partial charge in [0.1, 0.15) is 11.6 Å². The molecule has 0 N–H and O–H groups in total. The number of pyridine rings is 1. The maximum atomic E-state index is 12.1. The maximum absolute atomic E-state index is 12.1. The predicted octanol–water partition coefficient (Wildman–Crippen LogP) is 1.57. The van der Waals surface area contributed by atoms with Crippen molar-refractivity contribution >= 4 is 17.7 Å². The fraction of sp³-hybridized carbons (Fsp3) is 0.250. The molecule has 1 aliphatic heterocycles. The van der Waals surface area contributed by atoms with Gasteiger partial charge in [-0.25, -0.2) is 9.78 Å². The Hall–Kier alpha value is -2.61. The van der Waals surface area contributed by atoms with E-state index in [1.807, 2.05) is 12.2 Å². The van der Waals surface area contributed by atoms with E-state index in [9.17, 15) is 9.59 Å². The molecule has 0 aliphatic carbocycles.